The molecule has 2 rings (SSSR count). The topological polar surface area (TPSA) is 73.5 Å². The predicted octanol–water partition coefficient (Wildman–Crippen LogP) is 0.870. The van der Waals surface area contributed by atoms with E-state index in [0.29, 0.717) is 0 Å². The van der Waals surface area contributed by atoms with Crippen molar-refractivity contribution in [2.75, 3.05) is 26.7 Å². The third-order valence-corrected chi connectivity index (χ3v) is 5.99. The molecule has 6 nitrogen and oxygen atoms in total. The second-order valence-corrected chi connectivity index (χ2v) is 7.43. The Morgan fingerprint density at radius 1 is 1.38 bits per heavy atom. The van der Waals surface area contributed by atoms with Crippen LogP contribution in [-0.4, -0.2) is 55.3 Å². The van der Waals surface area contributed by atoms with E-state index in [-0.39, 0.29) is 10.9 Å². The van der Waals surface area contributed by atoms with Gasteiger partial charge in [-0.3, -0.25) is 4.79 Å². The maximum absolute atomic E-state index is 12.6. The number of likely N-dealkylation sites (tertiary alicyclic amines) is 1. The Kier molecular flexibility index (Phi) is 5.18. The van der Waals surface area contributed by atoms with Crippen LogP contribution in [0.2, 0.25) is 0 Å². The average molecular weight is 313 g/mol. The molecular formula is C14H23N3O3S. The molecule has 1 aliphatic heterocycles. The summed E-state index contributed by atoms with van der Waals surface area (Å²) in [6, 6.07) is 1.20. The van der Waals surface area contributed by atoms with Gasteiger partial charge in [-0.25, -0.2) is 8.42 Å². The lowest BCUT2D eigenvalue weighted by Gasteiger charge is -2.35. The highest BCUT2D eigenvalue weighted by molar-refractivity contribution is 7.89. The van der Waals surface area contributed by atoms with E-state index in [1.165, 1.54) is 22.8 Å². The summed E-state index contributed by atoms with van der Waals surface area (Å²) in [4.78, 5) is 16.6. The highest BCUT2D eigenvalue weighted by Gasteiger charge is 2.31. The molecule has 1 aromatic heterocycles. The van der Waals surface area contributed by atoms with Crippen LogP contribution in [0.15, 0.2) is 28.2 Å². The third kappa shape index (κ3) is 3.53. The minimum Gasteiger partial charge on any atom is -0.366 e. The van der Waals surface area contributed by atoms with Crippen LogP contribution in [0.4, 0.5) is 0 Å². The molecule has 2 heterocycles. The van der Waals surface area contributed by atoms with E-state index in [1.54, 1.807) is 7.05 Å². The number of aromatic nitrogens is 1. The molecule has 0 spiro atoms. The van der Waals surface area contributed by atoms with Gasteiger partial charge in [-0.2, -0.15) is 4.31 Å². The van der Waals surface area contributed by atoms with Gasteiger partial charge in [0.2, 0.25) is 15.5 Å². The van der Waals surface area contributed by atoms with Gasteiger partial charge >= 0.3 is 0 Å². The molecule has 118 valence electrons. The monoisotopic (exact) mass is 313 g/mol. The second-order valence-electron chi connectivity index (χ2n) is 5.47. The van der Waals surface area contributed by atoms with Crippen molar-refractivity contribution in [2.24, 2.45) is 0 Å². The Morgan fingerprint density at radius 3 is 2.62 bits per heavy atom. The van der Waals surface area contributed by atoms with Gasteiger partial charge in [-0.15, -0.1) is 0 Å². The van der Waals surface area contributed by atoms with Crippen LogP contribution in [0, 0.1) is 0 Å². The molecule has 0 aliphatic carbocycles. The number of hydrogen-bond acceptors (Lipinski definition) is 4. The van der Waals surface area contributed by atoms with Crippen molar-refractivity contribution >= 4 is 10.0 Å². The molecule has 7 heteroatoms. The maximum atomic E-state index is 12.6. The van der Waals surface area contributed by atoms with E-state index < -0.39 is 15.5 Å². The van der Waals surface area contributed by atoms with Crippen LogP contribution in [-0.2, 0) is 10.0 Å². The molecule has 21 heavy (non-hydrogen) atoms. The zero-order chi connectivity index (χ0) is 15.5. The van der Waals surface area contributed by atoms with Gasteiger partial charge in [0, 0.05) is 31.5 Å². The summed E-state index contributed by atoms with van der Waals surface area (Å²) in [5.74, 6) is 0. The first-order valence-electron chi connectivity index (χ1n) is 7.34. The van der Waals surface area contributed by atoms with Crippen LogP contribution in [0.5, 0.6) is 0 Å². The molecule has 0 atom stereocenters. The van der Waals surface area contributed by atoms with Crippen molar-refractivity contribution < 1.29 is 8.42 Å². The lowest BCUT2D eigenvalue weighted by atomic mass is 10.1. The number of nitrogens with zero attached hydrogens (tertiary/aromatic N) is 2. The molecule has 1 N–H and O–H groups in total. The molecule has 0 amide bonds. The highest BCUT2D eigenvalue weighted by atomic mass is 32.2. The Labute approximate surface area is 125 Å². The van der Waals surface area contributed by atoms with E-state index in [9.17, 15) is 13.2 Å². The fourth-order valence-corrected chi connectivity index (χ4v) is 4.23. The number of aromatic amines is 1. The summed E-state index contributed by atoms with van der Waals surface area (Å²) in [5, 5.41) is 0. The normalized spacial score (nSPS) is 18.2. The molecule has 1 fully saturated rings. The van der Waals surface area contributed by atoms with Crippen LogP contribution in [0.3, 0.4) is 0 Å². The van der Waals surface area contributed by atoms with E-state index in [4.69, 9.17) is 0 Å². The Bertz CT molecular complexity index is 618. The summed E-state index contributed by atoms with van der Waals surface area (Å²) >= 11 is 0. The van der Waals surface area contributed by atoms with Crippen molar-refractivity contribution in [3.8, 4) is 0 Å². The number of piperidine rings is 1. The minimum atomic E-state index is -3.73. The summed E-state index contributed by atoms with van der Waals surface area (Å²) < 4.78 is 26.5. The first-order chi connectivity index (χ1) is 9.96. The zero-order valence-corrected chi connectivity index (χ0v) is 13.4. The summed E-state index contributed by atoms with van der Waals surface area (Å²) in [6.07, 6.45) is 5.42. The number of H-pyrrole nitrogens is 1. The van der Waals surface area contributed by atoms with Crippen molar-refractivity contribution in [1.82, 2.24) is 14.2 Å². The van der Waals surface area contributed by atoms with Crippen LogP contribution >= 0.6 is 0 Å². The van der Waals surface area contributed by atoms with Crippen molar-refractivity contribution in [1.29, 1.82) is 0 Å². The lowest BCUT2D eigenvalue weighted by Crippen LogP contribution is -2.46. The molecule has 0 aromatic carbocycles. The minimum absolute atomic E-state index is 0.0392. The van der Waals surface area contributed by atoms with Crippen LogP contribution < -0.4 is 5.43 Å². The number of pyridine rings is 1. The molecule has 0 radical (unpaired) electrons. The number of rotatable bonds is 5. The SMILES string of the molecule is CCCN1CCC(N(C)S(=O)(=O)c2c[nH]ccc2=O)CC1. The standard InChI is InChI=1S/C14H23N3O3S/c1-3-8-17-9-5-12(6-10-17)16(2)21(19,20)14-11-15-7-4-13(14)18/h4,7,11-12H,3,5-6,8-10H2,1-2H3,(H,15,18). The third-order valence-electron chi connectivity index (χ3n) is 4.06. The Morgan fingerprint density at radius 2 is 2.05 bits per heavy atom. The molecule has 1 aromatic rings. The van der Waals surface area contributed by atoms with E-state index in [2.05, 4.69) is 16.8 Å². The summed E-state index contributed by atoms with van der Waals surface area (Å²) in [5.41, 5.74) is -0.469. The van der Waals surface area contributed by atoms with Gasteiger partial charge in [-0.05, 0) is 38.9 Å². The molecule has 1 saturated heterocycles. The predicted molar refractivity (Wildman–Crippen MR) is 81.8 cm³/mol. The molecule has 0 saturated carbocycles. The fraction of sp³-hybridized carbons (Fsp3) is 0.643. The molecular weight excluding hydrogens is 290 g/mol. The van der Waals surface area contributed by atoms with Gasteiger partial charge in [0.15, 0.2) is 0 Å². The highest BCUT2D eigenvalue weighted by Crippen LogP contribution is 2.21. The van der Waals surface area contributed by atoms with Gasteiger partial charge in [0.1, 0.15) is 4.90 Å². The van der Waals surface area contributed by atoms with Crippen LogP contribution in [0.1, 0.15) is 26.2 Å². The first-order valence-corrected chi connectivity index (χ1v) is 8.78. The van der Waals surface area contributed by atoms with Crippen LogP contribution in [0.25, 0.3) is 0 Å². The van der Waals surface area contributed by atoms with Gasteiger partial charge < -0.3 is 9.88 Å². The number of nitrogens with one attached hydrogen (secondary N) is 1. The zero-order valence-electron chi connectivity index (χ0n) is 12.6. The number of sulfonamides is 1. The largest absolute Gasteiger partial charge is 0.366 e. The lowest BCUT2D eigenvalue weighted by molar-refractivity contribution is 0.170. The molecule has 0 bridgehead atoms. The summed E-state index contributed by atoms with van der Waals surface area (Å²) in [6.45, 7) is 5.01. The average Bonchev–Trinajstić information content (AvgIpc) is 2.48. The van der Waals surface area contributed by atoms with Crippen molar-refractivity contribution in [3.05, 3.63) is 28.7 Å². The van der Waals surface area contributed by atoms with Gasteiger partial charge in [0.05, 0.1) is 0 Å². The smallest absolute Gasteiger partial charge is 0.248 e. The number of hydrogen-bond donors (Lipinski definition) is 1. The quantitative estimate of drug-likeness (QED) is 0.875. The van der Waals surface area contributed by atoms with E-state index in [1.807, 2.05) is 0 Å². The maximum Gasteiger partial charge on any atom is 0.248 e. The summed E-state index contributed by atoms with van der Waals surface area (Å²) in [7, 11) is -2.16. The van der Waals surface area contributed by atoms with Gasteiger partial charge in [-0.1, -0.05) is 6.92 Å². The van der Waals surface area contributed by atoms with Gasteiger partial charge in [0.25, 0.3) is 0 Å². The molecule has 1 aliphatic rings. The van der Waals surface area contributed by atoms with Crippen molar-refractivity contribution in [2.45, 2.75) is 37.1 Å². The van der Waals surface area contributed by atoms with E-state index in [0.717, 1.165) is 38.9 Å². The first kappa shape index (κ1) is 16.2. The second kappa shape index (κ2) is 6.72. The Hall–Kier alpha value is -1.18. The van der Waals surface area contributed by atoms with E-state index >= 15 is 0 Å². The Balaban J connectivity index is 2.12. The van der Waals surface area contributed by atoms with Crippen molar-refractivity contribution in [3.63, 3.8) is 0 Å². The molecule has 0 unspecified atom stereocenters. The fourth-order valence-electron chi connectivity index (χ4n) is 2.78.